The van der Waals surface area contributed by atoms with Crippen LogP contribution in [-0.2, 0) is 41.7 Å². The molecule has 26 N–H and O–H groups in total. The van der Waals surface area contributed by atoms with Crippen LogP contribution in [0, 0.1) is 0 Å². The summed E-state index contributed by atoms with van der Waals surface area (Å²) in [4.78, 5) is 97.3. The normalized spacial score (nSPS) is 13.2. The van der Waals surface area contributed by atoms with Crippen LogP contribution in [-0.4, -0.2) is 95.3 Å². The van der Waals surface area contributed by atoms with Crippen molar-refractivity contribution >= 4 is 87.5 Å². The summed E-state index contributed by atoms with van der Waals surface area (Å²) in [7, 11) is 0. The number of anilines is 2. The van der Waals surface area contributed by atoms with E-state index < -0.39 is 96.2 Å². The number of carbonyl (C=O) groups is 6. The lowest BCUT2D eigenvalue weighted by Gasteiger charge is -2.32. The van der Waals surface area contributed by atoms with E-state index in [0.29, 0.717) is 16.6 Å². The Bertz CT molecular complexity index is 3010. The number of aliphatic hydroxyl groups excluding tert-OH is 1. The maximum Gasteiger partial charge on any atom is 0.270 e. The molecule has 0 aliphatic heterocycles. The summed E-state index contributed by atoms with van der Waals surface area (Å²) >= 11 is 0. The van der Waals surface area contributed by atoms with Crippen LogP contribution < -0.4 is 88.8 Å². The predicted molar refractivity (Wildman–Crippen MR) is 288 cm³/mol. The van der Waals surface area contributed by atoms with E-state index in [0.717, 1.165) is 29.4 Å². The Kier molecular flexibility index (Phi) is 20.0. The zero-order valence-electron chi connectivity index (χ0n) is 40.7. The van der Waals surface area contributed by atoms with Crippen LogP contribution in [0.5, 0.6) is 0 Å². The summed E-state index contributed by atoms with van der Waals surface area (Å²) in [6.07, 6.45) is -4.49. The molecular formula is C49H60N20O7. The zero-order valence-corrected chi connectivity index (χ0v) is 40.7. The first-order chi connectivity index (χ1) is 36.2. The molecule has 0 radical (unpaired) electrons. The monoisotopic (exact) mass is 1040 g/mol. The number of aryl methyl sites for hydroxylation is 1. The highest BCUT2D eigenvalue weighted by atomic mass is 16.3. The van der Waals surface area contributed by atoms with Gasteiger partial charge < -0.3 is 93.9 Å². The van der Waals surface area contributed by atoms with Crippen molar-refractivity contribution in [2.24, 2.45) is 71.6 Å². The van der Waals surface area contributed by atoms with Crippen molar-refractivity contribution in [2.45, 2.75) is 56.3 Å². The number of nitrogens with one attached hydrogen (secondary N) is 5. The second kappa shape index (κ2) is 26.8. The van der Waals surface area contributed by atoms with Gasteiger partial charge in [0.05, 0.1) is 11.4 Å². The van der Waals surface area contributed by atoms with Gasteiger partial charge in [-0.2, -0.15) is 0 Å². The van der Waals surface area contributed by atoms with Gasteiger partial charge in [-0.15, -0.1) is 0 Å². The Balaban J connectivity index is 1.40. The number of nitrogen functional groups attached to an aromatic ring is 1. The summed E-state index contributed by atoms with van der Waals surface area (Å²) in [6.45, 7) is -0.0337. The molecule has 5 aromatic carbocycles. The van der Waals surface area contributed by atoms with Gasteiger partial charge in [-0.05, 0) is 46.5 Å². The predicted octanol–water partition coefficient (Wildman–Crippen LogP) is -3.40. The number of hydrogen-bond acceptors (Lipinski definition) is 13. The average molecular weight is 1040 g/mol. The van der Waals surface area contributed by atoms with E-state index in [1.54, 1.807) is 42.5 Å². The maximum absolute atomic E-state index is 14.4. The van der Waals surface area contributed by atoms with Crippen molar-refractivity contribution in [3.8, 4) is 0 Å². The molecule has 0 heterocycles. The minimum atomic E-state index is -2.15. The number of aliphatic hydroxyl groups is 1. The molecule has 0 aliphatic carbocycles. The highest BCUT2D eigenvalue weighted by Crippen LogP contribution is 2.33. The number of nitrogens with two attached hydrogens (primary N) is 10. The largest absolute Gasteiger partial charge is 0.397 e. The third-order valence-electron chi connectivity index (χ3n) is 10.8. The number of carbonyl (C=O) groups excluding carboxylic acids is 6. The molecule has 6 atom stereocenters. The van der Waals surface area contributed by atoms with Crippen LogP contribution >= 0.6 is 0 Å². The smallest absolute Gasteiger partial charge is 0.270 e. The third-order valence-corrected chi connectivity index (χ3v) is 10.8. The Morgan fingerprint density at radius 1 is 0.513 bits per heavy atom. The van der Waals surface area contributed by atoms with Crippen molar-refractivity contribution in [3.63, 3.8) is 0 Å². The Hall–Kier alpha value is -10.4. The zero-order chi connectivity index (χ0) is 55.5. The number of benzene rings is 5. The SMILES string of the molecule is NC(=O)C(N=C(N)N)NC(=O)C(N=C(N)N)NC(=O)C(N=C(N)N)NC(=O)C(N=C(N)N)NC(=O)C(NC(=O)C(O)N(Cc1ccc(CC/C=C/c2ccccc2)cc1)c1ccc2ccccc2c1N)c1ccccc1. The summed E-state index contributed by atoms with van der Waals surface area (Å²) in [5.41, 5.74) is 59.6. The van der Waals surface area contributed by atoms with Crippen LogP contribution in [0.25, 0.3) is 16.8 Å². The summed E-state index contributed by atoms with van der Waals surface area (Å²) in [6, 6.07) is 34.4. The van der Waals surface area contributed by atoms with Gasteiger partial charge in [0, 0.05) is 11.9 Å². The summed E-state index contributed by atoms with van der Waals surface area (Å²) in [5.74, 6) is -10.4. The standard InChI is InChI=1S/C49H60N20O7/c50-33-31-18-10-9-15-29(31)23-24-32(33)69(25-28-21-19-27(20-22-28)14-8-7-13-26-11-3-1-4-12-26)45(76)44(75)60-34(30-16-5-2-6-17-30)40(71)62-37(66-47(54)55)42(73)64-39(68-49(58)59)43(74)63-38(67-48(56)57)41(72)61-36(35(51)70)65-46(52)53/h1-7,9-13,15-24,34,36-39,45,76H,8,14,25,50H2,(H2,51,70)(H,60,75)(H,61,72)(H,62,71)(H,63,74)(H,64,73)(H4,52,53,65)(H4,54,55,66)(H4,56,57,67)(H4,58,59,68)/b13-7+. The number of primary amides is 1. The first kappa shape index (κ1) is 56.5. The Morgan fingerprint density at radius 2 is 0.974 bits per heavy atom. The van der Waals surface area contributed by atoms with E-state index in [2.05, 4.69) is 53.4 Å². The lowest BCUT2D eigenvalue weighted by Crippen LogP contribution is -2.58. The van der Waals surface area contributed by atoms with Gasteiger partial charge in [0.2, 0.25) is 36.8 Å². The molecule has 0 aliphatic rings. The maximum atomic E-state index is 14.4. The lowest BCUT2D eigenvalue weighted by atomic mass is 10.0. The van der Waals surface area contributed by atoms with Crippen molar-refractivity contribution in [3.05, 3.63) is 150 Å². The van der Waals surface area contributed by atoms with Crippen LogP contribution in [0.1, 0.15) is 34.7 Å². The molecule has 0 spiro atoms. The molecule has 0 aromatic heterocycles. The molecule has 0 fully saturated rings. The van der Waals surface area contributed by atoms with Gasteiger partial charge in [0.15, 0.2) is 23.8 Å². The van der Waals surface area contributed by atoms with Crippen molar-refractivity contribution in [1.29, 1.82) is 0 Å². The van der Waals surface area contributed by atoms with Gasteiger partial charge in [0.25, 0.3) is 29.5 Å². The molecule has 5 rings (SSSR count). The minimum Gasteiger partial charge on any atom is -0.397 e. The minimum absolute atomic E-state index is 0.0337. The molecule has 398 valence electrons. The average Bonchev–Trinajstić information content (AvgIpc) is 3.38. The van der Waals surface area contributed by atoms with Crippen molar-refractivity contribution < 1.29 is 33.9 Å². The first-order valence-corrected chi connectivity index (χ1v) is 22.9. The fourth-order valence-corrected chi connectivity index (χ4v) is 7.28. The van der Waals surface area contributed by atoms with E-state index in [1.807, 2.05) is 72.0 Å². The summed E-state index contributed by atoms with van der Waals surface area (Å²) < 4.78 is 0. The number of allylic oxidation sites excluding steroid dienone is 1. The molecule has 6 amide bonds. The number of aliphatic imine (C=N–C) groups is 4. The van der Waals surface area contributed by atoms with Gasteiger partial charge in [0.1, 0.15) is 6.04 Å². The van der Waals surface area contributed by atoms with Gasteiger partial charge >= 0.3 is 0 Å². The molecule has 27 nitrogen and oxygen atoms in total. The van der Waals surface area contributed by atoms with Crippen LogP contribution in [0.3, 0.4) is 0 Å². The number of amides is 6. The van der Waals surface area contributed by atoms with E-state index >= 15 is 0 Å². The van der Waals surface area contributed by atoms with E-state index in [1.165, 1.54) is 17.0 Å². The molecule has 0 saturated heterocycles. The Morgan fingerprint density at radius 3 is 1.50 bits per heavy atom. The van der Waals surface area contributed by atoms with Gasteiger partial charge in [-0.3, -0.25) is 28.8 Å². The number of fused-ring (bicyclic) bond motifs is 1. The molecule has 6 unspecified atom stereocenters. The molecule has 27 heteroatoms. The highest BCUT2D eigenvalue weighted by Gasteiger charge is 2.35. The summed E-state index contributed by atoms with van der Waals surface area (Å²) in [5, 5.41) is 24.6. The number of nitrogens with zero attached hydrogens (tertiary/aromatic N) is 5. The third kappa shape index (κ3) is 16.6. The molecule has 76 heavy (non-hydrogen) atoms. The molecular weight excluding hydrogens is 981 g/mol. The van der Waals surface area contributed by atoms with Crippen molar-refractivity contribution in [1.82, 2.24) is 26.6 Å². The molecule has 0 saturated carbocycles. The Labute approximate surface area is 435 Å². The highest BCUT2D eigenvalue weighted by molar-refractivity contribution is 6.01. The van der Waals surface area contributed by atoms with Crippen molar-refractivity contribution in [2.75, 3.05) is 10.6 Å². The fraction of sp³-hybridized carbons (Fsp3) is 0.184. The lowest BCUT2D eigenvalue weighted by molar-refractivity contribution is -0.136. The number of guanidine groups is 4. The number of rotatable bonds is 24. The quantitative estimate of drug-likeness (QED) is 0.0124. The van der Waals surface area contributed by atoms with Crippen LogP contribution in [0.4, 0.5) is 11.4 Å². The van der Waals surface area contributed by atoms with E-state index in [9.17, 15) is 33.9 Å². The second-order valence-electron chi connectivity index (χ2n) is 16.5. The van der Waals surface area contributed by atoms with Crippen LogP contribution in [0.2, 0.25) is 0 Å². The topological polar surface area (TPSA) is 496 Å². The molecule has 0 bridgehead atoms. The fourth-order valence-electron chi connectivity index (χ4n) is 7.28. The van der Waals surface area contributed by atoms with E-state index in [4.69, 9.17) is 57.3 Å². The first-order valence-electron chi connectivity index (χ1n) is 22.9. The van der Waals surface area contributed by atoms with Gasteiger partial charge in [-0.1, -0.05) is 127 Å². The number of hydrogen-bond donors (Lipinski definition) is 16. The van der Waals surface area contributed by atoms with E-state index in [-0.39, 0.29) is 17.8 Å². The van der Waals surface area contributed by atoms with Gasteiger partial charge in [-0.25, -0.2) is 20.0 Å². The second-order valence-corrected chi connectivity index (χ2v) is 16.5. The molecule has 5 aromatic rings. The van der Waals surface area contributed by atoms with Crippen LogP contribution in [0.15, 0.2) is 147 Å².